The minimum absolute atomic E-state index is 0.196. The Morgan fingerprint density at radius 2 is 2.05 bits per heavy atom. The minimum atomic E-state index is -3.48. The zero-order chi connectivity index (χ0) is 15.5. The largest absolute Gasteiger partial charge is 0.379 e. The van der Waals surface area contributed by atoms with Gasteiger partial charge < -0.3 is 15.8 Å². The second-order valence-electron chi connectivity index (χ2n) is 5.74. The van der Waals surface area contributed by atoms with Crippen LogP contribution >= 0.6 is 0 Å². The number of nitrogens with two attached hydrogens (primary N) is 1. The van der Waals surface area contributed by atoms with Crippen LogP contribution in [0.5, 0.6) is 0 Å². The van der Waals surface area contributed by atoms with Crippen molar-refractivity contribution in [3.05, 3.63) is 18.3 Å². The Balaban J connectivity index is 2.07. The molecule has 0 unspecified atom stereocenters. The van der Waals surface area contributed by atoms with Crippen LogP contribution < -0.4 is 11.1 Å². The van der Waals surface area contributed by atoms with Crippen molar-refractivity contribution in [2.75, 3.05) is 38.2 Å². The van der Waals surface area contributed by atoms with Gasteiger partial charge in [-0.05, 0) is 26.0 Å². The first-order chi connectivity index (χ1) is 9.79. The van der Waals surface area contributed by atoms with Crippen LogP contribution in [-0.2, 0) is 14.8 Å². The molecule has 0 amide bonds. The van der Waals surface area contributed by atoms with Gasteiger partial charge in [0.05, 0.1) is 13.2 Å². The lowest BCUT2D eigenvalue weighted by Crippen LogP contribution is -2.40. The van der Waals surface area contributed by atoms with Gasteiger partial charge >= 0.3 is 0 Å². The van der Waals surface area contributed by atoms with Gasteiger partial charge in [0.25, 0.3) is 0 Å². The molecule has 0 aliphatic carbocycles. The molecule has 8 heteroatoms. The monoisotopic (exact) mass is 314 g/mol. The third kappa shape index (κ3) is 4.37. The molecule has 0 aromatic carbocycles. The van der Waals surface area contributed by atoms with Gasteiger partial charge in [-0.1, -0.05) is 0 Å². The average molecular weight is 314 g/mol. The van der Waals surface area contributed by atoms with Crippen molar-refractivity contribution < 1.29 is 13.2 Å². The molecule has 0 spiro atoms. The number of rotatable bonds is 5. The third-order valence-corrected chi connectivity index (χ3v) is 4.95. The zero-order valence-corrected chi connectivity index (χ0v) is 13.2. The molecule has 1 fully saturated rings. The van der Waals surface area contributed by atoms with Crippen molar-refractivity contribution in [3.8, 4) is 0 Å². The summed E-state index contributed by atoms with van der Waals surface area (Å²) in [5.74, 6) is 0.606. The Morgan fingerprint density at radius 3 is 2.57 bits per heavy atom. The number of hydrogen-bond donors (Lipinski definition) is 2. The van der Waals surface area contributed by atoms with Crippen LogP contribution in [0.4, 0.5) is 5.82 Å². The molecule has 118 valence electrons. The normalized spacial score (nSPS) is 17.7. The fourth-order valence-electron chi connectivity index (χ4n) is 1.89. The van der Waals surface area contributed by atoms with E-state index in [1.807, 2.05) is 13.8 Å². The van der Waals surface area contributed by atoms with E-state index in [1.165, 1.54) is 10.5 Å². The summed E-state index contributed by atoms with van der Waals surface area (Å²) in [5, 5.41) is 3.08. The molecule has 0 saturated carbocycles. The minimum Gasteiger partial charge on any atom is -0.379 e. The Hall–Kier alpha value is -1.22. The van der Waals surface area contributed by atoms with Gasteiger partial charge in [-0.2, -0.15) is 4.31 Å². The average Bonchev–Trinajstić information content (AvgIpc) is 2.46. The van der Waals surface area contributed by atoms with Crippen molar-refractivity contribution in [3.63, 3.8) is 0 Å². The highest BCUT2D eigenvalue weighted by Gasteiger charge is 2.26. The summed E-state index contributed by atoms with van der Waals surface area (Å²) in [5.41, 5.74) is 5.51. The molecule has 1 aliphatic rings. The molecule has 1 saturated heterocycles. The SMILES string of the molecule is CC(C)(N)CNc1ccc(S(=O)(=O)N2CCOCC2)cn1. The topological polar surface area (TPSA) is 97.5 Å². The van der Waals surface area contributed by atoms with Crippen molar-refractivity contribution in [1.29, 1.82) is 0 Å². The molecule has 0 bridgehead atoms. The molecule has 2 heterocycles. The van der Waals surface area contributed by atoms with Crippen molar-refractivity contribution in [2.45, 2.75) is 24.3 Å². The van der Waals surface area contributed by atoms with Crippen molar-refractivity contribution >= 4 is 15.8 Å². The molecule has 3 N–H and O–H groups in total. The van der Waals surface area contributed by atoms with Crippen LogP contribution in [0.3, 0.4) is 0 Å². The Morgan fingerprint density at radius 1 is 1.38 bits per heavy atom. The number of aromatic nitrogens is 1. The lowest BCUT2D eigenvalue weighted by atomic mass is 10.1. The predicted octanol–water partition coefficient (Wildman–Crippen LogP) is 0.252. The molecule has 0 radical (unpaired) electrons. The zero-order valence-electron chi connectivity index (χ0n) is 12.4. The molecule has 1 aliphatic heterocycles. The Bertz CT molecular complexity index is 560. The number of nitrogens with one attached hydrogen (secondary N) is 1. The summed E-state index contributed by atoms with van der Waals surface area (Å²) in [4.78, 5) is 4.34. The van der Waals surface area contributed by atoms with Gasteiger partial charge in [-0.3, -0.25) is 0 Å². The van der Waals surface area contributed by atoms with Crippen LogP contribution in [0.2, 0.25) is 0 Å². The molecular formula is C13H22N4O3S. The highest BCUT2D eigenvalue weighted by Crippen LogP contribution is 2.17. The fourth-order valence-corrected chi connectivity index (χ4v) is 3.25. The maximum Gasteiger partial charge on any atom is 0.244 e. The van der Waals surface area contributed by atoms with E-state index in [1.54, 1.807) is 12.1 Å². The van der Waals surface area contributed by atoms with Gasteiger partial charge in [0.2, 0.25) is 10.0 Å². The van der Waals surface area contributed by atoms with E-state index >= 15 is 0 Å². The highest BCUT2D eigenvalue weighted by molar-refractivity contribution is 7.89. The van der Waals surface area contributed by atoms with Gasteiger partial charge in [0, 0.05) is 31.4 Å². The predicted molar refractivity (Wildman–Crippen MR) is 80.6 cm³/mol. The van der Waals surface area contributed by atoms with Gasteiger partial charge in [-0.15, -0.1) is 0 Å². The molecular weight excluding hydrogens is 292 g/mol. The van der Waals surface area contributed by atoms with E-state index in [0.717, 1.165) is 0 Å². The molecule has 7 nitrogen and oxygen atoms in total. The van der Waals surface area contributed by atoms with E-state index in [9.17, 15) is 8.42 Å². The lowest BCUT2D eigenvalue weighted by Gasteiger charge is -2.26. The second kappa shape index (κ2) is 6.27. The Kier molecular flexibility index (Phi) is 4.82. The van der Waals surface area contributed by atoms with Crippen molar-refractivity contribution in [2.24, 2.45) is 5.73 Å². The molecule has 2 rings (SSSR count). The first kappa shape index (κ1) is 16.2. The standard InChI is InChI=1S/C13H22N4O3S/c1-13(2,14)10-16-12-4-3-11(9-15-12)21(18,19)17-5-7-20-8-6-17/h3-4,9H,5-8,10,14H2,1-2H3,(H,15,16). The van der Waals surface area contributed by atoms with Gasteiger partial charge in [0.1, 0.15) is 10.7 Å². The van der Waals surface area contributed by atoms with E-state index in [0.29, 0.717) is 38.7 Å². The number of hydrogen-bond acceptors (Lipinski definition) is 6. The van der Waals surface area contributed by atoms with Gasteiger partial charge in [0.15, 0.2) is 0 Å². The van der Waals surface area contributed by atoms with E-state index in [4.69, 9.17) is 10.5 Å². The van der Waals surface area contributed by atoms with Crippen LogP contribution in [-0.4, -0.2) is 56.1 Å². The van der Waals surface area contributed by atoms with E-state index in [2.05, 4.69) is 10.3 Å². The molecule has 1 aromatic rings. The van der Waals surface area contributed by atoms with Gasteiger partial charge in [-0.25, -0.2) is 13.4 Å². The molecule has 21 heavy (non-hydrogen) atoms. The summed E-state index contributed by atoms with van der Waals surface area (Å²) in [7, 11) is -3.48. The smallest absolute Gasteiger partial charge is 0.244 e. The molecule has 1 aromatic heterocycles. The van der Waals surface area contributed by atoms with Crippen LogP contribution in [0.15, 0.2) is 23.2 Å². The maximum absolute atomic E-state index is 12.4. The summed E-state index contributed by atoms with van der Waals surface area (Å²) in [6, 6.07) is 3.21. The summed E-state index contributed by atoms with van der Waals surface area (Å²) in [6.45, 7) is 5.97. The van der Waals surface area contributed by atoms with Crippen LogP contribution in [0.25, 0.3) is 0 Å². The highest BCUT2D eigenvalue weighted by atomic mass is 32.2. The van der Waals surface area contributed by atoms with Crippen LogP contribution in [0, 0.1) is 0 Å². The summed E-state index contributed by atoms with van der Waals surface area (Å²) >= 11 is 0. The number of sulfonamides is 1. The number of anilines is 1. The second-order valence-corrected chi connectivity index (χ2v) is 7.68. The summed E-state index contributed by atoms with van der Waals surface area (Å²) in [6.07, 6.45) is 1.37. The van der Waals surface area contributed by atoms with Crippen LogP contribution in [0.1, 0.15) is 13.8 Å². The summed E-state index contributed by atoms with van der Waals surface area (Å²) < 4.78 is 31.4. The van der Waals surface area contributed by atoms with E-state index in [-0.39, 0.29) is 10.4 Å². The first-order valence-electron chi connectivity index (χ1n) is 6.86. The maximum atomic E-state index is 12.4. The fraction of sp³-hybridized carbons (Fsp3) is 0.615. The first-order valence-corrected chi connectivity index (χ1v) is 8.30. The number of ether oxygens (including phenoxy) is 1. The quantitative estimate of drug-likeness (QED) is 0.808. The third-order valence-electron chi connectivity index (χ3n) is 3.07. The number of nitrogens with zero attached hydrogens (tertiary/aromatic N) is 2. The number of morpholine rings is 1. The molecule has 0 atom stereocenters. The van der Waals surface area contributed by atoms with Crippen molar-refractivity contribution in [1.82, 2.24) is 9.29 Å². The number of pyridine rings is 1. The van der Waals surface area contributed by atoms with E-state index < -0.39 is 10.0 Å². The Labute approximate surface area is 125 Å². The lowest BCUT2D eigenvalue weighted by molar-refractivity contribution is 0.0730.